The van der Waals surface area contributed by atoms with Gasteiger partial charge in [0.05, 0.1) is 13.2 Å². The minimum Gasteiger partial charge on any atom is -0.494 e. The third-order valence-corrected chi connectivity index (χ3v) is 3.05. The van der Waals surface area contributed by atoms with E-state index in [1.807, 2.05) is 31.3 Å². The highest BCUT2D eigenvalue weighted by Crippen LogP contribution is 2.19. The Hall–Kier alpha value is -1.20. The van der Waals surface area contributed by atoms with Crippen LogP contribution in [0, 0.1) is 0 Å². The quantitative estimate of drug-likeness (QED) is 0.755. The summed E-state index contributed by atoms with van der Waals surface area (Å²) in [4.78, 5) is 1.63. The molecular formula is C15H24F2N2O. The Balaban J connectivity index is 2.60. The molecule has 1 atom stereocenters. The van der Waals surface area contributed by atoms with E-state index in [0.717, 1.165) is 17.7 Å². The number of alkyl halides is 2. The molecule has 0 saturated heterocycles. The van der Waals surface area contributed by atoms with Crippen LogP contribution in [0.15, 0.2) is 24.3 Å². The molecule has 0 heterocycles. The summed E-state index contributed by atoms with van der Waals surface area (Å²) in [5, 5.41) is 3.16. The van der Waals surface area contributed by atoms with Crippen molar-refractivity contribution in [1.29, 1.82) is 0 Å². The second-order valence-electron chi connectivity index (χ2n) is 4.87. The van der Waals surface area contributed by atoms with Crippen LogP contribution in [-0.4, -0.2) is 45.1 Å². The van der Waals surface area contributed by atoms with Gasteiger partial charge in [-0.05, 0) is 38.2 Å². The van der Waals surface area contributed by atoms with Gasteiger partial charge in [0.1, 0.15) is 5.75 Å². The van der Waals surface area contributed by atoms with Crippen LogP contribution in [0.1, 0.15) is 24.9 Å². The van der Waals surface area contributed by atoms with Crippen LogP contribution in [-0.2, 0) is 0 Å². The van der Waals surface area contributed by atoms with E-state index in [1.54, 1.807) is 11.9 Å². The molecule has 3 nitrogen and oxygen atoms in total. The van der Waals surface area contributed by atoms with Gasteiger partial charge in [0.25, 0.3) is 6.43 Å². The van der Waals surface area contributed by atoms with E-state index < -0.39 is 6.43 Å². The van der Waals surface area contributed by atoms with Crippen LogP contribution >= 0.6 is 0 Å². The van der Waals surface area contributed by atoms with Gasteiger partial charge in [-0.2, -0.15) is 0 Å². The van der Waals surface area contributed by atoms with E-state index in [2.05, 4.69) is 12.2 Å². The van der Waals surface area contributed by atoms with Gasteiger partial charge >= 0.3 is 0 Å². The standard InChI is InChI=1S/C15H24F2N2O/c1-4-9-20-13-7-5-12(6-8-13)14(18-2)10-19(3)11-15(16)17/h5-8,14-15,18H,4,9-11H2,1-3H3. The summed E-state index contributed by atoms with van der Waals surface area (Å²) in [6.07, 6.45) is -1.33. The van der Waals surface area contributed by atoms with Crippen LogP contribution in [0.2, 0.25) is 0 Å². The lowest BCUT2D eigenvalue weighted by atomic mass is 10.1. The van der Waals surface area contributed by atoms with Crippen molar-refractivity contribution in [3.8, 4) is 5.75 Å². The Morgan fingerprint density at radius 1 is 1.20 bits per heavy atom. The second kappa shape index (κ2) is 8.87. The minimum atomic E-state index is -2.30. The Bertz CT molecular complexity index is 371. The van der Waals surface area contributed by atoms with Crippen LogP contribution < -0.4 is 10.1 Å². The van der Waals surface area contributed by atoms with Gasteiger partial charge < -0.3 is 10.1 Å². The van der Waals surface area contributed by atoms with Crippen molar-refractivity contribution in [2.45, 2.75) is 25.8 Å². The topological polar surface area (TPSA) is 24.5 Å². The van der Waals surface area contributed by atoms with Gasteiger partial charge in [-0.1, -0.05) is 19.1 Å². The van der Waals surface area contributed by atoms with Gasteiger partial charge in [-0.15, -0.1) is 0 Å². The first-order valence-electron chi connectivity index (χ1n) is 6.93. The predicted octanol–water partition coefficient (Wildman–Crippen LogP) is 2.93. The van der Waals surface area contributed by atoms with Gasteiger partial charge in [0.15, 0.2) is 0 Å². The van der Waals surface area contributed by atoms with Crippen molar-refractivity contribution in [3.63, 3.8) is 0 Å². The van der Waals surface area contributed by atoms with E-state index >= 15 is 0 Å². The van der Waals surface area contributed by atoms with Crippen molar-refractivity contribution in [2.24, 2.45) is 0 Å². The maximum absolute atomic E-state index is 12.3. The van der Waals surface area contributed by atoms with Gasteiger partial charge in [0, 0.05) is 12.6 Å². The molecule has 1 aromatic carbocycles. The van der Waals surface area contributed by atoms with Gasteiger partial charge in [-0.3, -0.25) is 4.90 Å². The van der Waals surface area contributed by atoms with Crippen LogP contribution in [0.3, 0.4) is 0 Å². The molecule has 0 aromatic heterocycles. The molecule has 1 unspecified atom stereocenters. The van der Waals surface area contributed by atoms with E-state index in [-0.39, 0.29) is 12.6 Å². The molecule has 1 N–H and O–H groups in total. The lowest BCUT2D eigenvalue weighted by molar-refractivity contribution is 0.0963. The number of hydrogen-bond acceptors (Lipinski definition) is 3. The predicted molar refractivity (Wildman–Crippen MR) is 77.5 cm³/mol. The first-order valence-corrected chi connectivity index (χ1v) is 6.93. The maximum Gasteiger partial charge on any atom is 0.251 e. The summed E-state index contributed by atoms with van der Waals surface area (Å²) in [5.41, 5.74) is 1.07. The average Bonchev–Trinajstić information content (AvgIpc) is 2.42. The summed E-state index contributed by atoms with van der Waals surface area (Å²) in [5.74, 6) is 0.839. The molecule has 0 saturated carbocycles. The molecule has 0 aliphatic heterocycles. The van der Waals surface area contributed by atoms with Crippen molar-refractivity contribution in [2.75, 3.05) is 33.8 Å². The molecule has 1 aromatic rings. The maximum atomic E-state index is 12.3. The summed E-state index contributed by atoms with van der Waals surface area (Å²) >= 11 is 0. The van der Waals surface area contributed by atoms with Crippen molar-refractivity contribution >= 4 is 0 Å². The fourth-order valence-corrected chi connectivity index (χ4v) is 2.00. The number of halogens is 2. The molecule has 0 aliphatic carbocycles. The monoisotopic (exact) mass is 286 g/mol. The zero-order chi connectivity index (χ0) is 15.0. The van der Waals surface area contributed by atoms with Crippen LogP contribution in [0.4, 0.5) is 8.78 Å². The molecule has 1 rings (SSSR count). The fraction of sp³-hybridized carbons (Fsp3) is 0.600. The third kappa shape index (κ3) is 5.84. The number of nitrogens with one attached hydrogen (secondary N) is 1. The number of nitrogens with zero attached hydrogens (tertiary/aromatic N) is 1. The number of benzene rings is 1. The largest absolute Gasteiger partial charge is 0.494 e. The van der Waals surface area contributed by atoms with E-state index in [0.29, 0.717) is 13.2 Å². The Morgan fingerprint density at radius 2 is 1.85 bits per heavy atom. The fourth-order valence-electron chi connectivity index (χ4n) is 2.00. The second-order valence-corrected chi connectivity index (χ2v) is 4.87. The van der Waals surface area contributed by atoms with Crippen molar-refractivity contribution in [1.82, 2.24) is 10.2 Å². The Morgan fingerprint density at radius 3 is 2.35 bits per heavy atom. The highest BCUT2D eigenvalue weighted by atomic mass is 19.3. The molecule has 0 aliphatic rings. The first-order chi connectivity index (χ1) is 9.56. The highest BCUT2D eigenvalue weighted by Gasteiger charge is 2.15. The molecule has 20 heavy (non-hydrogen) atoms. The molecule has 114 valence electrons. The van der Waals surface area contributed by atoms with Crippen LogP contribution in [0.25, 0.3) is 0 Å². The van der Waals surface area contributed by atoms with Crippen LogP contribution in [0.5, 0.6) is 5.75 Å². The third-order valence-electron chi connectivity index (χ3n) is 3.05. The number of ether oxygens (including phenoxy) is 1. The SMILES string of the molecule is CCCOc1ccc(C(CN(C)CC(F)F)NC)cc1. The summed E-state index contributed by atoms with van der Waals surface area (Å²) in [6, 6.07) is 7.81. The molecule has 0 bridgehead atoms. The van der Waals surface area contributed by atoms with E-state index in [9.17, 15) is 8.78 Å². The molecular weight excluding hydrogens is 262 g/mol. The molecule has 0 spiro atoms. The molecule has 0 radical (unpaired) electrons. The molecule has 5 heteroatoms. The first kappa shape index (κ1) is 16.9. The lowest BCUT2D eigenvalue weighted by Crippen LogP contribution is -2.34. The normalized spacial score (nSPS) is 12.9. The number of hydrogen-bond donors (Lipinski definition) is 1. The number of rotatable bonds is 9. The number of likely N-dealkylation sites (N-methyl/N-ethyl adjacent to an activating group) is 2. The lowest BCUT2D eigenvalue weighted by Gasteiger charge is -2.24. The minimum absolute atomic E-state index is 0.0268. The average molecular weight is 286 g/mol. The van der Waals surface area contributed by atoms with E-state index in [1.165, 1.54) is 0 Å². The summed E-state index contributed by atoms with van der Waals surface area (Å²) in [6.45, 7) is 3.09. The zero-order valence-corrected chi connectivity index (χ0v) is 12.4. The highest BCUT2D eigenvalue weighted by molar-refractivity contribution is 5.29. The van der Waals surface area contributed by atoms with Gasteiger partial charge in [-0.25, -0.2) is 8.78 Å². The Labute approximate surface area is 119 Å². The zero-order valence-electron chi connectivity index (χ0n) is 12.4. The molecule has 0 amide bonds. The van der Waals surface area contributed by atoms with E-state index in [4.69, 9.17) is 4.74 Å². The van der Waals surface area contributed by atoms with Crippen molar-refractivity contribution in [3.05, 3.63) is 29.8 Å². The summed E-state index contributed by atoms with van der Waals surface area (Å²) in [7, 11) is 3.54. The van der Waals surface area contributed by atoms with Crippen molar-refractivity contribution < 1.29 is 13.5 Å². The smallest absolute Gasteiger partial charge is 0.251 e. The van der Waals surface area contributed by atoms with Gasteiger partial charge in [0.2, 0.25) is 0 Å². The summed E-state index contributed by atoms with van der Waals surface area (Å²) < 4.78 is 30.2. The molecule has 0 fully saturated rings. The Kier molecular flexibility index (Phi) is 7.47.